The summed E-state index contributed by atoms with van der Waals surface area (Å²) < 4.78 is 6.64. The molecule has 0 unspecified atom stereocenters. The topological polar surface area (TPSA) is 76.2 Å². The summed E-state index contributed by atoms with van der Waals surface area (Å²) in [4.78, 5) is 21.5. The van der Waals surface area contributed by atoms with Crippen LogP contribution in [0.1, 0.15) is 111 Å². The van der Waals surface area contributed by atoms with Crippen LogP contribution in [0.15, 0.2) is 70.8 Å². The Hall–Kier alpha value is -3.86. The SMILES string of the molecule is CCC(CC)C(=O)/C=C(\O)C(CC)CC.Cc1ccc2[c-]c(-c3nc(C)nc4c3oc3c5ccc(CC(C)C)cc5ccc43)cc(C(C)(C)C)c2c1.[Ir]. The molecule has 4 aromatic carbocycles. The van der Waals surface area contributed by atoms with E-state index >= 15 is 0 Å². The van der Waals surface area contributed by atoms with Crippen LogP contribution in [0.3, 0.4) is 0 Å². The van der Waals surface area contributed by atoms with Gasteiger partial charge in [0.1, 0.15) is 22.5 Å². The number of hydrogen-bond acceptors (Lipinski definition) is 5. The van der Waals surface area contributed by atoms with E-state index in [-0.39, 0.29) is 48.9 Å². The van der Waals surface area contributed by atoms with Gasteiger partial charge < -0.3 is 9.52 Å². The first-order valence-electron chi connectivity index (χ1n) is 19.2. The zero-order chi connectivity index (χ0) is 37.9. The van der Waals surface area contributed by atoms with Crippen LogP contribution in [0.5, 0.6) is 0 Å². The molecule has 1 radical (unpaired) electrons. The molecule has 0 saturated carbocycles. The molecular weight excluding hydrogens is 833 g/mol. The van der Waals surface area contributed by atoms with E-state index in [4.69, 9.17) is 14.4 Å². The molecule has 0 fully saturated rings. The molecule has 6 heteroatoms. The molecule has 283 valence electrons. The summed E-state index contributed by atoms with van der Waals surface area (Å²) in [6.07, 6.45) is 5.97. The van der Waals surface area contributed by atoms with Gasteiger partial charge in [-0.05, 0) is 74.3 Å². The number of ketones is 1. The summed E-state index contributed by atoms with van der Waals surface area (Å²) in [5.41, 5.74) is 8.05. The van der Waals surface area contributed by atoms with Crippen LogP contribution in [-0.2, 0) is 36.7 Å². The maximum absolute atomic E-state index is 11.7. The fourth-order valence-electron chi connectivity index (χ4n) is 7.29. The van der Waals surface area contributed by atoms with Gasteiger partial charge >= 0.3 is 0 Å². The number of rotatable bonds is 10. The number of hydrogen-bond donors (Lipinski definition) is 1. The monoisotopic (exact) mass is 890 g/mol. The molecular formula is C47H57IrN2O3-. The number of carbonyl (C=O) groups excluding carboxylic acids is 1. The van der Waals surface area contributed by atoms with Crippen molar-refractivity contribution in [1.29, 1.82) is 0 Å². The number of aliphatic hydroxyl groups is 1. The molecule has 0 bridgehead atoms. The Balaban J connectivity index is 0.000000335. The maximum atomic E-state index is 11.7. The van der Waals surface area contributed by atoms with Gasteiger partial charge in [0.05, 0.1) is 11.5 Å². The number of aliphatic hydroxyl groups excluding tert-OH is 1. The molecule has 0 aliphatic heterocycles. The molecule has 0 aliphatic carbocycles. The van der Waals surface area contributed by atoms with Crippen LogP contribution in [0, 0.1) is 37.7 Å². The summed E-state index contributed by atoms with van der Waals surface area (Å²) in [5.74, 6) is 1.90. The third-order valence-corrected chi connectivity index (χ3v) is 10.3. The molecule has 0 aliphatic rings. The van der Waals surface area contributed by atoms with Crippen molar-refractivity contribution in [2.24, 2.45) is 17.8 Å². The number of nitrogens with zero attached hydrogens (tertiary/aromatic N) is 2. The molecule has 5 nitrogen and oxygen atoms in total. The summed E-state index contributed by atoms with van der Waals surface area (Å²) in [6, 6.07) is 23.5. The van der Waals surface area contributed by atoms with E-state index in [1.807, 2.05) is 34.6 Å². The summed E-state index contributed by atoms with van der Waals surface area (Å²) in [7, 11) is 0. The largest absolute Gasteiger partial charge is 0.512 e. The van der Waals surface area contributed by atoms with Crippen molar-refractivity contribution < 1.29 is 34.4 Å². The molecule has 2 aromatic heterocycles. The molecule has 53 heavy (non-hydrogen) atoms. The summed E-state index contributed by atoms with van der Waals surface area (Å²) in [6.45, 7) is 23.5. The summed E-state index contributed by atoms with van der Waals surface area (Å²) in [5, 5.41) is 15.4. The Labute approximate surface area is 330 Å². The van der Waals surface area contributed by atoms with E-state index in [1.165, 1.54) is 33.5 Å². The van der Waals surface area contributed by atoms with Gasteiger partial charge in [-0.1, -0.05) is 115 Å². The quantitative estimate of drug-likeness (QED) is 0.0842. The van der Waals surface area contributed by atoms with Gasteiger partial charge in [-0.25, -0.2) is 4.98 Å². The van der Waals surface area contributed by atoms with E-state index < -0.39 is 0 Å². The predicted molar refractivity (Wildman–Crippen MR) is 219 cm³/mol. The van der Waals surface area contributed by atoms with Crippen molar-refractivity contribution in [2.75, 3.05) is 0 Å². The fourth-order valence-corrected chi connectivity index (χ4v) is 7.29. The van der Waals surface area contributed by atoms with Crippen LogP contribution in [0.2, 0.25) is 0 Å². The second-order valence-corrected chi connectivity index (χ2v) is 15.9. The average Bonchev–Trinajstić information content (AvgIpc) is 3.46. The standard InChI is InChI=1S/C34H33N2O.C13H24O2.Ir/c1-19(2)14-22-9-12-26-23(16-22)11-13-27-31-33(37-32(26)27)30(35-21(4)36-31)25-17-24-10-8-20(3)15-28(24)29(18-25)34(5,6)7;1-5-10(6-2)12(14)9-13(15)11(7-3)8-4;/h8-13,15-16,18-19H,14H2,1-7H3;9-11,14H,5-8H2,1-4H3;/q-1;;/b;12-9-;. The third-order valence-electron chi connectivity index (χ3n) is 10.3. The van der Waals surface area contributed by atoms with E-state index in [9.17, 15) is 9.90 Å². The Kier molecular flexibility index (Phi) is 13.8. The van der Waals surface area contributed by atoms with Crippen molar-refractivity contribution in [1.82, 2.24) is 9.97 Å². The number of aromatic nitrogens is 2. The second kappa shape index (κ2) is 17.5. The Bertz CT molecular complexity index is 2250. The molecule has 6 aromatic rings. The molecule has 2 heterocycles. The number of benzene rings is 4. The van der Waals surface area contributed by atoms with Crippen molar-refractivity contribution in [2.45, 2.75) is 114 Å². The average molecular weight is 890 g/mol. The fraction of sp³-hybridized carbons (Fsp3) is 0.426. The zero-order valence-electron chi connectivity index (χ0n) is 33.5. The smallest absolute Gasteiger partial charge is 0.162 e. The van der Waals surface area contributed by atoms with Gasteiger partial charge in [0.25, 0.3) is 0 Å². The minimum Gasteiger partial charge on any atom is -0.512 e. The molecule has 0 saturated heterocycles. The minimum absolute atomic E-state index is 0. The van der Waals surface area contributed by atoms with Crippen molar-refractivity contribution in [3.8, 4) is 11.3 Å². The van der Waals surface area contributed by atoms with Crippen LogP contribution >= 0.6 is 0 Å². The van der Waals surface area contributed by atoms with Crippen LogP contribution in [-0.4, -0.2) is 20.9 Å². The number of allylic oxidation sites excluding steroid dienone is 2. The van der Waals surface area contributed by atoms with Gasteiger partial charge in [0.2, 0.25) is 0 Å². The Morgan fingerprint density at radius 1 is 0.830 bits per heavy atom. The molecule has 1 N–H and O–H groups in total. The van der Waals surface area contributed by atoms with Gasteiger partial charge in [0.15, 0.2) is 5.78 Å². The molecule has 0 atom stereocenters. The van der Waals surface area contributed by atoms with Crippen LogP contribution in [0.25, 0.3) is 54.9 Å². The van der Waals surface area contributed by atoms with E-state index in [1.54, 1.807) is 0 Å². The Morgan fingerprint density at radius 2 is 1.49 bits per heavy atom. The van der Waals surface area contributed by atoms with Gasteiger partial charge in [-0.3, -0.25) is 9.78 Å². The van der Waals surface area contributed by atoms with Gasteiger partial charge in [-0.15, -0.1) is 29.1 Å². The predicted octanol–water partition coefficient (Wildman–Crippen LogP) is 13.1. The van der Waals surface area contributed by atoms with Gasteiger partial charge in [0, 0.05) is 48.8 Å². The normalized spacial score (nSPS) is 12.3. The first kappa shape index (κ1) is 41.9. The van der Waals surface area contributed by atoms with Crippen molar-refractivity contribution in [3.63, 3.8) is 0 Å². The van der Waals surface area contributed by atoms with Crippen LogP contribution in [0.4, 0.5) is 0 Å². The third kappa shape index (κ3) is 9.27. The van der Waals surface area contributed by atoms with Crippen LogP contribution < -0.4 is 0 Å². The van der Waals surface area contributed by atoms with E-state index in [2.05, 4.69) is 102 Å². The number of aryl methyl sites for hydroxylation is 2. The molecule has 0 amide bonds. The maximum Gasteiger partial charge on any atom is 0.162 e. The Morgan fingerprint density at radius 3 is 2.11 bits per heavy atom. The first-order valence-corrected chi connectivity index (χ1v) is 19.2. The molecule has 0 spiro atoms. The zero-order valence-corrected chi connectivity index (χ0v) is 35.9. The van der Waals surface area contributed by atoms with E-state index in [0.717, 1.165) is 82.0 Å². The van der Waals surface area contributed by atoms with Crippen molar-refractivity contribution in [3.05, 3.63) is 95.0 Å². The number of fused-ring (bicyclic) bond motifs is 6. The van der Waals surface area contributed by atoms with Crippen molar-refractivity contribution >= 4 is 49.4 Å². The summed E-state index contributed by atoms with van der Waals surface area (Å²) >= 11 is 0. The first-order chi connectivity index (χ1) is 24.7. The minimum atomic E-state index is -0.0329. The molecule has 6 rings (SSSR count). The van der Waals surface area contributed by atoms with Gasteiger partial charge in [-0.2, -0.15) is 0 Å². The van der Waals surface area contributed by atoms with E-state index in [0.29, 0.717) is 5.92 Å². The number of furan rings is 1. The number of carbonyl (C=O) groups is 1. The second-order valence-electron chi connectivity index (χ2n) is 15.9.